The van der Waals surface area contributed by atoms with Crippen LogP contribution >= 0.6 is 24.0 Å². The van der Waals surface area contributed by atoms with Crippen molar-refractivity contribution in [1.82, 2.24) is 15.2 Å². The summed E-state index contributed by atoms with van der Waals surface area (Å²) in [5.74, 6) is 1.83. The molecule has 0 radical (unpaired) electrons. The molecule has 0 saturated carbocycles. The molecule has 1 aromatic heterocycles. The van der Waals surface area contributed by atoms with E-state index in [0.29, 0.717) is 12.3 Å². The minimum absolute atomic E-state index is 0. The van der Waals surface area contributed by atoms with Gasteiger partial charge in [0.05, 0.1) is 5.52 Å². The second-order valence-electron chi connectivity index (χ2n) is 6.91. The number of carbonyl (C=O) groups excluding carboxylic acids is 1. The van der Waals surface area contributed by atoms with Crippen LogP contribution in [0, 0.1) is 5.92 Å². The number of hydrogen-bond donors (Lipinski definition) is 3. The number of nitrogens with zero attached hydrogens (tertiary/aromatic N) is 3. The lowest BCUT2D eigenvalue weighted by atomic mass is 9.95. The molecule has 0 bridgehead atoms. The molecule has 1 aliphatic heterocycles. The highest BCUT2D eigenvalue weighted by atomic mass is 127. The molecule has 1 unspecified atom stereocenters. The van der Waals surface area contributed by atoms with Crippen molar-refractivity contribution in [1.29, 1.82) is 0 Å². The monoisotopic (exact) mass is 496 g/mol. The summed E-state index contributed by atoms with van der Waals surface area (Å²) < 4.78 is 0. The Morgan fingerprint density at radius 1 is 1.29 bits per heavy atom. The maximum Gasteiger partial charge on any atom is 0.217 e. The molecule has 7 nitrogen and oxygen atoms in total. The van der Waals surface area contributed by atoms with Crippen LogP contribution in [-0.4, -0.2) is 55.0 Å². The lowest BCUT2D eigenvalue weighted by molar-refractivity contribution is -0.119. The average molecular weight is 496 g/mol. The fraction of sp³-hybridized carbons (Fsp3) is 0.450. The number of likely N-dealkylation sites (tertiary alicyclic amines) is 1. The molecule has 2 heterocycles. The molecule has 2 aromatic rings. The van der Waals surface area contributed by atoms with Gasteiger partial charge >= 0.3 is 0 Å². The summed E-state index contributed by atoms with van der Waals surface area (Å²) in [5.41, 5.74) is 6.33. The standard InChI is InChI=1S/C20H28N6O.HI/c1-22-20(26-12-4-5-15(14-26)13-18(21)27)24-11-10-23-19-9-8-16-6-2-3-7-17(16)25-19;/h2-3,6-9,15H,4-5,10-14H2,1H3,(H2,21,27)(H,22,24)(H,23,25);1H. The van der Waals surface area contributed by atoms with Gasteiger partial charge in [0.1, 0.15) is 5.82 Å². The fourth-order valence-corrected chi connectivity index (χ4v) is 3.57. The Kier molecular flexibility index (Phi) is 8.75. The molecule has 4 N–H and O–H groups in total. The molecule has 1 aromatic carbocycles. The highest BCUT2D eigenvalue weighted by Crippen LogP contribution is 2.19. The Labute approximate surface area is 183 Å². The Morgan fingerprint density at radius 3 is 2.89 bits per heavy atom. The second kappa shape index (κ2) is 11.0. The van der Waals surface area contributed by atoms with Gasteiger partial charge in [-0.2, -0.15) is 0 Å². The maximum atomic E-state index is 11.2. The van der Waals surface area contributed by atoms with Crippen LogP contribution < -0.4 is 16.4 Å². The third-order valence-corrected chi connectivity index (χ3v) is 4.83. The van der Waals surface area contributed by atoms with Crippen molar-refractivity contribution in [2.45, 2.75) is 19.3 Å². The predicted octanol–water partition coefficient (Wildman–Crippen LogP) is 2.43. The van der Waals surface area contributed by atoms with Crippen molar-refractivity contribution in [3.05, 3.63) is 36.4 Å². The Balaban J connectivity index is 0.00000280. The third kappa shape index (κ3) is 6.22. The molecule has 28 heavy (non-hydrogen) atoms. The molecule has 1 atom stereocenters. The van der Waals surface area contributed by atoms with Gasteiger partial charge in [-0.1, -0.05) is 18.2 Å². The van der Waals surface area contributed by atoms with Crippen LogP contribution in [-0.2, 0) is 4.79 Å². The number of nitrogens with two attached hydrogens (primary N) is 1. The number of pyridine rings is 1. The van der Waals surface area contributed by atoms with E-state index in [4.69, 9.17) is 5.73 Å². The van der Waals surface area contributed by atoms with Crippen LogP contribution in [0.15, 0.2) is 41.4 Å². The zero-order valence-corrected chi connectivity index (χ0v) is 18.6. The molecule has 8 heteroatoms. The first-order chi connectivity index (χ1) is 13.2. The zero-order chi connectivity index (χ0) is 19.1. The van der Waals surface area contributed by atoms with Crippen molar-refractivity contribution >= 4 is 52.6 Å². The first-order valence-corrected chi connectivity index (χ1v) is 9.49. The van der Waals surface area contributed by atoms with Gasteiger partial charge in [-0.3, -0.25) is 9.79 Å². The molecule has 1 saturated heterocycles. The molecule has 1 aliphatic rings. The summed E-state index contributed by atoms with van der Waals surface area (Å²) in [6.45, 7) is 3.25. The second-order valence-corrected chi connectivity index (χ2v) is 6.91. The molecular weight excluding hydrogens is 467 g/mol. The van der Waals surface area contributed by atoms with E-state index in [-0.39, 0.29) is 29.9 Å². The Hall–Kier alpha value is -2.10. The first kappa shape index (κ1) is 22.2. The summed E-state index contributed by atoms with van der Waals surface area (Å²) in [7, 11) is 1.79. The van der Waals surface area contributed by atoms with Gasteiger partial charge in [-0.15, -0.1) is 24.0 Å². The van der Waals surface area contributed by atoms with Gasteiger partial charge in [0.2, 0.25) is 5.91 Å². The van der Waals surface area contributed by atoms with Gasteiger partial charge in [-0.05, 0) is 37.0 Å². The number of halogens is 1. The molecule has 152 valence electrons. The molecular formula is C20H29IN6O. The molecule has 0 aliphatic carbocycles. The highest BCUT2D eigenvalue weighted by Gasteiger charge is 2.23. The Morgan fingerprint density at radius 2 is 2.11 bits per heavy atom. The summed E-state index contributed by atoms with van der Waals surface area (Å²) in [6.07, 6.45) is 2.55. The number of primary amides is 1. The minimum Gasteiger partial charge on any atom is -0.370 e. The summed E-state index contributed by atoms with van der Waals surface area (Å²) in [4.78, 5) is 22.4. The third-order valence-electron chi connectivity index (χ3n) is 4.83. The number of para-hydroxylation sites is 1. The lowest BCUT2D eigenvalue weighted by Gasteiger charge is -2.34. The number of carbonyl (C=O) groups is 1. The van der Waals surface area contributed by atoms with E-state index in [2.05, 4.69) is 37.6 Å². The van der Waals surface area contributed by atoms with Gasteiger partial charge < -0.3 is 21.3 Å². The van der Waals surface area contributed by atoms with Gasteiger partial charge in [0.25, 0.3) is 0 Å². The van der Waals surface area contributed by atoms with Crippen molar-refractivity contribution in [2.75, 3.05) is 38.5 Å². The maximum absolute atomic E-state index is 11.2. The van der Waals surface area contributed by atoms with Gasteiger partial charge in [0, 0.05) is 45.0 Å². The van der Waals surface area contributed by atoms with E-state index >= 15 is 0 Å². The number of aromatic nitrogens is 1. The van der Waals surface area contributed by atoms with Gasteiger partial charge in [0.15, 0.2) is 5.96 Å². The predicted molar refractivity (Wildman–Crippen MR) is 125 cm³/mol. The van der Waals surface area contributed by atoms with E-state index < -0.39 is 0 Å². The zero-order valence-electron chi connectivity index (χ0n) is 16.2. The highest BCUT2D eigenvalue weighted by molar-refractivity contribution is 14.0. The smallest absolute Gasteiger partial charge is 0.217 e. The lowest BCUT2D eigenvalue weighted by Crippen LogP contribution is -2.48. The molecule has 1 fully saturated rings. The SMILES string of the molecule is CN=C(NCCNc1ccc2ccccc2n1)N1CCCC(CC(N)=O)C1.I. The summed E-state index contributed by atoms with van der Waals surface area (Å²) in [6, 6.07) is 12.1. The first-order valence-electron chi connectivity index (χ1n) is 9.49. The van der Waals surface area contributed by atoms with Crippen molar-refractivity contribution in [3.8, 4) is 0 Å². The van der Waals surface area contributed by atoms with Crippen LogP contribution in [0.2, 0.25) is 0 Å². The van der Waals surface area contributed by atoms with E-state index in [1.165, 1.54) is 0 Å². The molecule has 1 amide bonds. The number of amides is 1. The number of fused-ring (bicyclic) bond motifs is 1. The number of piperidine rings is 1. The number of nitrogens with one attached hydrogen (secondary N) is 2. The van der Waals surface area contributed by atoms with Crippen LogP contribution in [0.5, 0.6) is 0 Å². The van der Waals surface area contributed by atoms with E-state index in [1.54, 1.807) is 7.05 Å². The van der Waals surface area contributed by atoms with E-state index in [1.807, 2.05) is 24.3 Å². The number of hydrogen-bond acceptors (Lipinski definition) is 4. The molecule has 0 spiro atoms. The number of aliphatic imine (C=N–C) groups is 1. The largest absolute Gasteiger partial charge is 0.370 e. The van der Waals surface area contributed by atoms with Crippen LogP contribution in [0.1, 0.15) is 19.3 Å². The van der Waals surface area contributed by atoms with Crippen molar-refractivity contribution in [3.63, 3.8) is 0 Å². The number of anilines is 1. The fourth-order valence-electron chi connectivity index (χ4n) is 3.57. The van der Waals surface area contributed by atoms with Crippen molar-refractivity contribution in [2.24, 2.45) is 16.6 Å². The summed E-state index contributed by atoms with van der Waals surface area (Å²) in [5, 5.41) is 7.87. The minimum atomic E-state index is -0.225. The molecule has 3 rings (SSSR count). The number of guanidine groups is 1. The number of rotatable bonds is 6. The topological polar surface area (TPSA) is 95.6 Å². The van der Waals surface area contributed by atoms with Crippen LogP contribution in [0.25, 0.3) is 10.9 Å². The van der Waals surface area contributed by atoms with E-state index in [0.717, 1.165) is 61.7 Å². The Bertz CT molecular complexity index is 812. The normalized spacial score (nSPS) is 17.1. The number of benzene rings is 1. The van der Waals surface area contributed by atoms with Gasteiger partial charge in [-0.25, -0.2) is 4.98 Å². The van der Waals surface area contributed by atoms with Crippen LogP contribution in [0.3, 0.4) is 0 Å². The summed E-state index contributed by atoms with van der Waals surface area (Å²) >= 11 is 0. The quantitative estimate of drug-likeness (QED) is 0.247. The average Bonchev–Trinajstić information content (AvgIpc) is 2.67. The van der Waals surface area contributed by atoms with Crippen LogP contribution in [0.4, 0.5) is 5.82 Å². The van der Waals surface area contributed by atoms with Crippen molar-refractivity contribution < 1.29 is 4.79 Å². The van der Waals surface area contributed by atoms with E-state index in [9.17, 15) is 4.79 Å².